The highest BCUT2D eigenvalue weighted by Crippen LogP contribution is 2.31. The molecule has 1 aromatic heterocycles. The van der Waals surface area contributed by atoms with Crippen LogP contribution in [0.2, 0.25) is 0 Å². The molecule has 2 N–H and O–H groups in total. The molecule has 3 aromatic rings. The van der Waals surface area contributed by atoms with Crippen molar-refractivity contribution in [2.24, 2.45) is 11.1 Å². The van der Waals surface area contributed by atoms with E-state index in [4.69, 9.17) is 10.5 Å². The zero-order valence-electron chi connectivity index (χ0n) is 15.5. The Hall–Kier alpha value is -2.95. The number of carbonyl (C=O) groups is 1. The summed E-state index contributed by atoms with van der Waals surface area (Å²) < 4.78 is 5.87. The standard InChI is InChI=1S/C21H23N3O2/c1-13-5-6-15(19(22)25)10-18(13)14-7-8-17-16(9-14)11-23-24-20(17)26-12-21(2,3)4/h5-11H,12H2,1-4H3,(H2,22,25). The second-order valence-corrected chi connectivity index (χ2v) is 7.70. The molecule has 0 atom stereocenters. The highest BCUT2D eigenvalue weighted by atomic mass is 16.5. The van der Waals surface area contributed by atoms with Crippen molar-refractivity contribution in [2.75, 3.05) is 6.61 Å². The summed E-state index contributed by atoms with van der Waals surface area (Å²) in [7, 11) is 0. The van der Waals surface area contributed by atoms with E-state index in [0.29, 0.717) is 18.1 Å². The summed E-state index contributed by atoms with van der Waals surface area (Å²) in [5.74, 6) is 0.0994. The summed E-state index contributed by atoms with van der Waals surface area (Å²) in [5, 5.41) is 10.1. The van der Waals surface area contributed by atoms with Crippen molar-refractivity contribution in [1.29, 1.82) is 0 Å². The van der Waals surface area contributed by atoms with Gasteiger partial charge in [-0.1, -0.05) is 32.9 Å². The van der Waals surface area contributed by atoms with Crippen molar-refractivity contribution in [1.82, 2.24) is 10.2 Å². The average molecular weight is 349 g/mol. The predicted molar refractivity (Wildman–Crippen MR) is 103 cm³/mol. The monoisotopic (exact) mass is 349 g/mol. The quantitative estimate of drug-likeness (QED) is 0.768. The number of benzene rings is 2. The summed E-state index contributed by atoms with van der Waals surface area (Å²) in [6.45, 7) is 8.89. The second kappa shape index (κ2) is 6.75. The fourth-order valence-corrected chi connectivity index (χ4v) is 2.71. The maximum Gasteiger partial charge on any atom is 0.248 e. The van der Waals surface area contributed by atoms with Crippen LogP contribution < -0.4 is 10.5 Å². The summed E-state index contributed by atoms with van der Waals surface area (Å²) in [5.41, 5.74) is 8.98. The first-order valence-electron chi connectivity index (χ1n) is 8.54. The molecule has 0 spiro atoms. The van der Waals surface area contributed by atoms with Gasteiger partial charge in [-0.25, -0.2) is 0 Å². The molecule has 2 aromatic carbocycles. The predicted octanol–water partition coefficient (Wildman–Crippen LogP) is 4.13. The van der Waals surface area contributed by atoms with Crippen LogP contribution in [0, 0.1) is 12.3 Å². The highest BCUT2D eigenvalue weighted by Gasteiger charge is 2.14. The Morgan fingerprint density at radius 3 is 2.62 bits per heavy atom. The van der Waals surface area contributed by atoms with Gasteiger partial charge in [0.1, 0.15) is 0 Å². The number of aryl methyl sites for hydroxylation is 1. The Morgan fingerprint density at radius 1 is 1.15 bits per heavy atom. The van der Waals surface area contributed by atoms with Crippen LogP contribution in [-0.4, -0.2) is 22.7 Å². The fraction of sp³-hybridized carbons (Fsp3) is 0.286. The number of ether oxygens (including phenoxy) is 1. The molecule has 0 bridgehead atoms. The third-order valence-electron chi connectivity index (χ3n) is 4.10. The molecule has 0 aliphatic heterocycles. The third-order valence-corrected chi connectivity index (χ3v) is 4.10. The minimum absolute atomic E-state index is 0.0378. The first-order valence-corrected chi connectivity index (χ1v) is 8.54. The second-order valence-electron chi connectivity index (χ2n) is 7.70. The van der Waals surface area contributed by atoms with Gasteiger partial charge >= 0.3 is 0 Å². The normalized spacial score (nSPS) is 11.5. The lowest BCUT2D eigenvalue weighted by molar-refractivity contribution is 0.100. The number of primary amides is 1. The van der Waals surface area contributed by atoms with E-state index in [9.17, 15) is 4.79 Å². The largest absolute Gasteiger partial charge is 0.476 e. The Morgan fingerprint density at radius 2 is 1.92 bits per heavy atom. The molecular formula is C21H23N3O2. The minimum atomic E-state index is -0.434. The van der Waals surface area contributed by atoms with E-state index >= 15 is 0 Å². The lowest BCUT2D eigenvalue weighted by Gasteiger charge is -2.18. The van der Waals surface area contributed by atoms with Gasteiger partial charge in [-0.15, -0.1) is 5.10 Å². The molecule has 0 saturated carbocycles. The molecule has 5 heteroatoms. The van der Waals surface area contributed by atoms with E-state index in [-0.39, 0.29) is 5.41 Å². The van der Waals surface area contributed by atoms with E-state index in [1.54, 1.807) is 12.3 Å². The number of nitrogens with two attached hydrogens (primary N) is 1. The number of nitrogens with zero attached hydrogens (tertiary/aromatic N) is 2. The zero-order chi connectivity index (χ0) is 18.9. The molecule has 0 fully saturated rings. The Kier molecular flexibility index (Phi) is 4.64. The Bertz CT molecular complexity index is 975. The van der Waals surface area contributed by atoms with Gasteiger partial charge in [0.25, 0.3) is 0 Å². The van der Waals surface area contributed by atoms with Crippen LogP contribution in [0.4, 0.5) is 0 Å². The van der Waals surface area contributed by atoms with Crippen LogP contribution in [0.25, 0.3) is 21.9 Å². The van der Waals surface area contributed by atoms with Gasteiger partial charge in [-0.2, -0.15) is 5.10 Å². The van der Waals surface area contributed by atoms with Gasteiger partial charge in [0.2, 0.25) is 11.8 Å². The minimum Gasteiger partial charge on any atom is -0.476 e. The van der Waals surface area contributed by atoms with Gasteiger partial charge in [-0.3, -0.25) is 4.79 Å². The number of fused-ring (bicyclic) bond motifs is 1. The molecule has 0 unspecified atom stereocenters. The van der Waals surface area contributed by atoms with E-state index in [2.05, 4.69) is 31.0 Å². The van der Waals surface area contributed by atoms with Crippen LogP contribution in [0.3, 0.4) is 0 Å². The number of hydrogen-bond acceptors (Lipinski definition) is 4. The number of aromatic nitrogens is 2. The SMILES string of the molecule is Cc1ccc(C(N)=O)cc1-c1ccc2c(OCC(C)(C)C)nncc2c1. The molecule has 5 nitrogen and oxygen atoms in total. The van der Waals surface area contributed by atoms with Gasteiger partial charge in [-0.05, 0) is 53.3 Å². The lowest BCUT2D eigenvalue weighted by Crippen LogP contribution is -2.17. The summed E-state index contributed by atoms with van der Waals surface area (Å²) in [6.07, 6.45) is 1.72. The van der Waals surface area contributed by atoms with Crippen LogP contribution in [0.5, 0.6) is 5.88 Å². The number of carbonyl (C=O) groups excluding carboxylic acids is 1. The summed E-state index contributed by atoms with van der Waals surface area (Å²) in [6, 6.07) is 11.5. The first kappa shape index (κ1) is 17.9. The molecule has 0 aliphatic rings. The van der Waals surface area contributed by atoms with Crippen LogP contribution >= 0.6 is 0 Å². The van der Waals surface area contributed by atoms with Crippen molar-refractivity contribution in [3.8, 4) is 17.0 Å². The Labute approximate surface area is 153 Å². The molecule has 1 heterocycles. The molecule has 134 valence electrons. The summed E-state index contributed by atoms with van der Waals surface area (Å²) in [4.78, 5) is 11.5. The smallest absolute Gasteiger partial charge is 0.248 e. The van der Waals surface area contributed by atoms with Crippen molar-refractivity contribution < 1.29 is 9.53 Å². The van der Waals surface area contributed by atoms with Crippen LogP contribution in [-0.2, 0) is 0 Å². The maximum atomic E-state index is 11.5. The molecule has 0 radical (unpaired) electrons. The van der Waals surface area contributed by atoms with Crippen LogP contribution in [0.1, 0.15) is 36.7 Å². The van der Waals surface area contributed by atoms with E-state index in [0.717, 1.165) is 27.5 Å². The number of rotatable bonds is 4. The van der Waals surface area contributed by atoms with E-state index in [1.165, 1.54) is 0 Å². The summed E-state index contributed by atoms with van der Waals surface area (Å²) >= 11 is 0. The Balaban J connectivity index is 2.03. The molecule has 26 heavy (non-hydrogen) atoms. The maximum absolute atomic E-state index is 11.5. The first-order chi connectivity index (χ1) is 12.2. The van der Waals surface area contributed by atoms with Crippen molar-refractivity contribution >= 4 is 16.7 Å². The third kappa shape index (κ3) is 3.82. The number of amides is 1. The molecule has 3 rings (SSSR count). The van der Waals surface area contributed by atoms with Crippen molar-refractivity contribution in [3.05, 3.63) is 53.7 Å². The number of hydrogen-bond donors (Lipinski definition) is 1. The highest BCUT2D eigenvalue weighted by molar-refractivity contribution is 5.95. The van der Waals surface area contributed by atoms with Gasteiger partial charge in [0.05, 0.1) is 12.8 Å². The van der Waals surface area contributed by atoms with Gasteiger partial charge in [0, 0.05) is 16.3 Å². The van der Waals surface area contributed by atoms with E-state index in [1.807, 2.05) is 37.3 Å². The molecule has 0 saturated heterocycles. The van der Waals surface area contributed by atoms with Gasteiger partial charge in [0.15, 0.2) is 0 Å². The topological polar surface area (TPSA) is 78.1 Å². The van der Waals surface area contributed by atoms with Crippen molar-refractivity contribution in [2.45, 2.75) is 27.7 Å². The average Bonchev–Trinajstić information content (AvgIpc) is 2.59. The molecule has 0 aliphatic carbocycles. The van der Waals surface area contributed by atoms with Gasteiger partial charge < -0.3 is 10.5 Å². The molecular weight excluding hydrogens is 326 g/mol. The fourth-order valence-electron chi connectivity index (χ4n) is 2.71. The van der Waals surface area contributed by atoms with Crippen LogP contribution in [0.15, 0.2) is 42.6 Å². The van der Waals surface area contributed by atoms with Crippen molar-refractivity contribution in [3.63, 3.8) is 0 Å². The molecule has 1 amide bonds. The zero-order valence-corrected chi connectivity index (χ0v) is 15.5. The van der Waals surface area contributed by atoms with E-state index < -0.39 is 5.91 Å². The lowest BCUT2D eigenvalue weighted by atomic mass is 9.96.